The summed E-state index contributed by atoms with van der Waals surface area (Å²) < 4.78 is 0. The number of hydrogen-bond donors (Lipinski definition) is 0. The van der Waals surface area contributed by atoms with Crippen molar-refractivity contribution in [3.8, 4) is 0 Å². The quantitative estimate of drug-likeness (QED) is 0.777. The Morgan fingerprint density at radius 2 is 1.81 bits per heavy atom. The van der Waals surface area contributed by atoms with Crippen molar-refractivity contribution in [2.24, 2.45) is 4.99 Å². The number of fused-ring (bicyclic) bond motifs is 1. The SMILES string of the molecule is C[C@H]1CN2C(=N[C@H](c3ccccn3)[C@@H]2c2ccc(N3CCCCC3)cc2)S1. The molecule has 27 heavy (non-hydrogen) atoms. The number of hydrogen-bond acceptors (Lipinski definition) is 5. The summed E-state index contributed by atoms with van der Waals surface area (Å²) in [6.45, 7) is 5.73. The molecule has 4 heterocycles. The van der Waals surface area contributed by atoms with Crippen LogP contribution in [0.25, 0.3) is 0 Å². The average Bonchev–Trinajstić information content (AvgIpc) is 3.25. The Bertz CT molecular complexity index is 814. The smallest absolute Gasteiger partial charge is 0.160 e. The molecule has 0 N–H and O–H groups in total. The molecular weight excluding hydrogens is 352 g/mol. The first-order chi connectivity index (χ1) is 13.3. The minimum Gasteiger partial charge on any atom is -0.372 e. The zero-order valence-electron chi connectivity index (χ0n) is 15.8. The highest BCUT2D eigenvalue weighted by Gasteiger charge is 2.43. The standard InChI is InChI=1S/C22H26N4S/c1-16-15-26-21(20(24-22(26)27-16)19-7-3-4-12-23-19)17-8-10-18(11-9-17)25-13-5-2-6-14-25/h3-4,7-12,16,20-21H,2,5-6,13-15H2,1H3/t16-,20+,21-/m0/s1. The Morgan fingerprint density at radius 1 is 1.00 bits per heavy atom. The van der Waals surface area contributed by atoms with Crippen LogP contribution in [-0.4, -0.2) is 39.9 Å². The molecule has 4 nitrogen and oxygen atoms in total. The van der Waals surface area contributed by atoms with Crippen molar-refractivity contribution in [2.45, 2.75) is 43.5 Å². The summed E-state index contributed by atoms with van der Waals surface area (Å²) in [6.07, 6.45) is 5.87. The molecule has 0 unspecified atom stereocenters. The maximum absolute atomic E-state index is 5.07. The van der Waals surface area contributed by atoms with Crippen molar-refractivity contribution in [3.05, 3.63) is 59.9 Å². The van der Waals surface area contributed by atoms with Crippen LogP contribution in [0.15, 0.2) is 53.7 Å². The summed E-state index contributed by atoms with van der Waals surface area (Å²) in [5, 5.41) is 1.78. The molecule has 3 aliphatic heterocycles. The van der Waals surface area contributed by atoms with Gasteiger partial charge in [-0.05, 0) is 49.1 Å². The molecule has 0 spiro atoms. The lowest BCUT2D eigenvalue weighted by Gasteiger charge is -2.30. The Balaban J connectivity index is 1.46. The summed E-state index contributed by atoms with van der Waals surface area (Å²) in [5.41, 5.74) is 3.77. The van der Waals surface area contributed by atoms with Gasteiger partial charge in [-0.25, -0.2) is 0 Å². The molecule has 0 saturated carbocycles. The lowest BCUT2D eigenvalue weighted by molar-refractivity contribution is 0.321. The number of benzene rings is 1. The molecule has 5 heteroatoms. The topological polar surface area (TPSA) is 31.7 Å². The van der Waals surface area contributed by atoms with Crippen molar-refractivity contribution in [3.63, 3.8) is 0 Å². The van der Waals surface area contributed by atoms with Crippen molar-refractivity contribution in [1.82, 2.24) is 9.88 Å². The van der Waals surface area contributed by atoms with Gasteiger partial charge in [0.1, 0.15) is 6.04 Å². The molecule has 3 aliphatic rings. The summed E-state index contributed by atoms with van der Waals surface area (Å²) in [5.74, 6) is 0. The highest BCUT2D eigenvalue weighted by atomic mass is 32.2. The number of thioether (sulfide) groups is 1. The second-order valence-corrected chi connectivity index (χ2v) is 9.18. The van der Waals surface area contributed by atoms with E-state index in [2.05, 4.69) is 58.1 Å². The van der Waals surface area contributed by atoms with E-state index in [0.717, 1.165) is 12.2 Å². The molecule has 0 bridgehead atoms. The Hall–Kier alpha value is -2.01. The van der Waals surface area contributed by atoms with E-state index in [1.807, 2.05) is 24.0 Å². The minimum absolute atomic E-state index is 0.0852. The molecular formula is C22H26N4S. The molecule has 0 aliphatic carbocycles. The Morgan fingerprint density at radius 3 is 2.56 bits per heavy atom. The fourth-order valence-electron chi connectivity index (χ4n) is 4.51. The predicted molar refractivity (Wildman–Crippen MR) is 113 cm³/mol. The van der Waals surface area contributed by atoms with E-state index in [1.54, 1.807) is 0 Å². The Labute approximate surface area is 165 Å². The largest absolute Gasteiger partial charge is 0.372 e. The van der Waals surface area contributed by atoms with Gasteiger partial charge < -0.3 is 9.80 Å². The third-order valence-electron chi connectivity index (χ3n) is 5.84. The first kappa shape index (κ1) is 17.1. The zero-order chi connectivity index (χ0) is 18.2. The first-order valence-corrected chi connectivity index (χ1v) is 10.9. The van der Waals surface area contributed by atoms with Crippen molar-refractivity contribution < 1.29 is 0 Å². The second kappa shape index (κ2) is 7.19. The fraction of sp³-hybridized carbons (Fsp3) is 0.455. The molecule has 3 atom stereocenters. The monoisotopic (exact) mass is 378 g/mol. The molecule has 1 aromatic carbocycles. The van der Waals surface area contributed by atoms with Crippen LogP contribution in [0.5, 0.6) is 0 Å². The van der Waals surface area contributed by atoms with Crippen molar-refractivity contribution in [2.75, 3.05) is 24.5 Å². The van der Waals surface area contributed by atoms with Crippen LogP contribution < -0.4 is 4.90 Å². The molecule has 1 aromatic heterocycles. The van der Waals surface area contributed by atoms with Crippen molar-refractivity contribution in [1.29, 1.82) is 0 Å². The number of anilines is 1. The van der Waals surface area contributed by atoms with Gasteiger partial charge in [0.05, 0.1) is 11.7 Å². The van der Waals surface area contributed by atoms with Gasteiger partial charge >= 0.3 is 0 Å². The second-order valence-electron chi connectivity index (χ2n) is 7.78. The number of aromatic nitrogens is 1. The van der Waals surface area contributed by atoms with E-state index in [-0.39, 0.29) is 12.1 Å². The number of amidine groups is 1. The normalized spacial score (nSPS) is 27.6. The van der Waals surface area contributed by atoms with Crippen LogP contribution >= 0.6 is 11.8 Å². The lowest BCUT2D eigenvalue weighted by Crippen LogP contribution is -2.30. The van der Waals surface area contributed by atoms with Gasteiger partial charge in [0, 0.05) is 36.8 Å². The number of pyridine rings is 1. The summed E-state index contributed by atoms with van der Waals surface area (Å²) in [7, 11) is 0. The van der Waals surface area contributed by atoms with Gasteiger partial charge in [0.2, 0.25) is 0 Å². The van der Waals surface area contributed by atoms with E-state index in [1.165, 1.54) is 48.8 Å². The molecule has 0 radical (unpaired) electrons. The lowest BCUT2D eigenvalue weighted by atomic mass is 9.96. The molecule has 5 rings (SSSR count). The van der Waals surface area contributed by atoms with Gasteiger partial charge in [-0.15, -0.1) is 0 Å². The first-order valence-electron chi connectivity index (χ1n) is 10.1. The van der Waals surface area contributed by atoms with E-state index >= 15 is 0 Å². The van der Waals surface area contributed by atoms with Gasteiger partial charge in [-0.3, -0.25) is 9.98 Å². The van der Waals surface area contributed by atoms with Crippen LogP contribution in [0.2, 0.25) is 0 Å². The third-order valence-corrected chi connectivity index (χ3v) is 6.94. The summed E-state index contributed by atoms with van der Waals surface area (Å²) in [4.78, 5) is 14.7. The van der Waals surface area contributed by atoms with Gasteiger partial charge in [-0.1, -0.05) is 36.9 Å². The van der Waals surface area contributed by atoms with Gasteiger partial charge in [-0.2, -0.15) is 0 Å². The van der Waals surface area contributed by atoms with Gasteiger partial charge in [0.15, 0.2) is 5.17 Å². The van der Waals surface area contributed by atoms with Crippen molar-refractivity contribution >= 4 is 22.6 Å². The summed E-state index contributed by atoms with van der Waals surface area (Å²) in [6, 6.07) is 15.7. The van der Waals surface area contributed by atoms with E-state index < -0.39 is 0 Å². The zero-order valence-corrected chi connectivity index (χ0v) is 16.6. The number of piperidine rings is 1. The maximum Gasteiger partial charge on any atom is 0.160 e. The molecule has 2 fully saturated rings. The highest BCUT2D eigenvalue weighted by Crippen LogP contribution is 2.47. The van der Waals surface area contributed by atoms with Crippen LogP contribution in [0.1, 0.15) is 49.5 Å². The van der Waals surface area contributed by atoms with Crippen LogP contribution in [0.3, 0.4) is 0 Å². The van der Waals surface area contributed by atoms with Gasteiger partial charge in [0.25, 0.3) is 0 Å². The van der Waals surface area contributed by atoms with E-state index in [0.29, 0.717) is 5.25 Å². The molecule has 2 saturated heterocycles. The fourth-order valence-corrected chi connectivity index (χ4v) is 5.61. The molecule has 140 valence electrons. The predicted octanol–water partition coefficient (Wildman–Crippen LogP) is 4.66. The van der Waals surface area contributed by atoms with E-state index in [4.69, 9.17) is 4.99 Å². The minimum atomic E-state index is 0.0852. The third kappa shape index (κ3) is 3.22. The summed E-state index contributed by atoms with van der Waals surface area (Å²) >= 11 is 1.90. The highest BCUT2D eigenvalue weighted by molar-refractivity contribution is 8.14. The molecule has 0 amide bonds. The van der Waals surface area contributed by atoms with Crippen LogP contribution in [-0.2, 0) is 0 Å². The maximum atomic E-state index is 5.07. The number of rotatable bonds is 3. The average molecular weight is 379 g/mol. The van der Waals surface area contributed by atoms with Crippen LogP contribution in [0.4, 0.5) is 5.69 Å². The van der Waals surface area contributed by atoms with Crippen LogP contribution in [0, 0.1) is 0 Å². The number of nitrogens with zero attached hydrogens (tertiary/aromatic N) is 4. The Kier molecular flexibility index (Phi) is 4.56. The van der Waals surface area contributed by atoms with E-state index in [9.17, 15) is 0 Å². The number of aliphatic imine (C=N–C) groups is 1. The molecule has 2 aromatic rings.